The molecule has 140 valence electrons. The number of halogens is 1. The van der Waals surface area contributed by atoms with E-state index in [-0.39, 0.29) is 11.7 Å². The van der Waals surface area contributed by atoms with Gasteiger partial charge in [0.2, 0.25) is 5.91 Å². The van der Waals surface area contributed by atoms with Gasteiger partial charge in [0.15, 0.2) is 0 Å². The van der Waals surface area contributed by atoms with E-state index in [1.807, 2.05) is 20.0 Å². The minimum atomic E-state index is -0.298. The van der Waals surface area contributed by atoms with E-state index in [0.717, 1.165) is 18.5 Å². The second-order valence-corrected chi connectivity index (χ2v) is 7.17. The maximum absolute atomic E-state index is 13.2. The van der Waals surface area contributed by atoms with Crippen molar-refractivity contribution in [1.29, 1.82) is 0 Å². The molecule has 1 amide bonds. The number of anilines is 1. The first-order valence-electron chi connectivity index (χ1n) is 9.35. The van der Waals surface area contributed by atoms with Crippen molar-refractivity contribution >= 4 is 11.7 Å². The summed E-state index contributed by atoms with van der Waals surface area (Å²) in [5.74, 6) is 0.252. The second kappa shape index (κ2) is 8.45. The number of benzene rings is 1. The number of nitrogens with one attached hydrogen (secondary N) is 1. The smallest absolute Gasteiger partial charge is 0.239 e. The summed E-state index contributed by atoms with van der Waals surface area (Å²) in [6.07, 6.45) is 7.41. The highest BCUT2D eigenvalue weighted by atomic mass is 19.1. The van der Waals surface area contributed by atoms with Crippen molar-refractivity contribution < 1.29 is 9.18 Å². The first kappa shape index (κ1) is 18.6. The number of likely N-dealkylation sites (N-methyl/N-ethyl adjacent to an activating group) is 1. The standard InChI is InChI=1S/C20H27FN4O/c1-15-13-19(25(23-15)18-11-9-16(21)10-12-18)22-20(26)14-24(2)17-7-5-3-4-6-8-17/h9-13,17H,3-8,14H2,1-2H3,(H,22,26). The van der Waals surface area contributed by atoms with Crippen LogP contribution in [0.15, 0.2) is 30.3 Å². The molecule has 1 fully saturated rings. The van der Waals surface area contributed by atoms with Crippen LogP contribution in [0.5, 0.6) is 0 Å². The SMILES string of the molecule is Cc1cc(NC(=O)CN(C)C2CCCCCC2)n(-c2ccc(F)cc2)n1. The van der Waals surface area contributed by atoms with E-state index in [2.05, 4.69) is 15.3 Å². The Balaban J connectivity index is 1.66. The van der Waals surface area contributed by atoms with Crippen LogP contribution in [-0.4, -0.2) is 40.2 Å². The van der Waals surface area contributed by atoms with E-state index in [1.165, 1.54) is 37.8 Å². The van der Waals surface area contributed by atoms with Gasteiger partial charge in [-0.25, -0.2) is 9.07 Å². The molecule has 0 spiro atoms. The van der Waals surface area contributed by atoms with E-state index in [9.17, 15) is 9.18 Å². The summed E-state index contributed by atoms with van der Waals surface area (Å²) >= 11 is 0. The van der Waals surface area contributed by atoms with E-state index in [1.54, 1.807) is 16.8 Å². The molecule has 1 aliphatic rings. The molecule has 5 nitrogen and oxygen atoms in total. The molecule has 26 heavy (non-hydrogen) atoms. The number of aryl methyl sites for hydroxylation is 1. The molecule has 6 heteroatoms. The Kier molecular flexibility index (Phi) is 6.04. The van der Waals surface area contributed by atoms with Crippen molar-refractivity contribution in [3.63, 3.8) is 0 Å². The highest BCUT2D eigenvalue weighted by Crippen LogP contribution is 2.21. The molecular formula is C20H27FN4O. The predicted octanol–water partition coefficient (Wildman–Crippen LogP) is 3.91. The van der Waals surface area contributed by atoms with Crippen LogP contribution in [0.4, 0.5) is 10.2 Å². The summed E-state index contributed by atoms with van der Waals surface area (Å²) in [4.78, 5) is 14.7. The lowest BCUT2D eigenvalue weighted by Crippen LogP contribution is -2.38. The van der Waals surface area contributed by atoms with E-state index in [4.69, 9.17) is 0 Å². The second-order valence-electron chi connectivity index (χ2n) is 7.17. The Morgan fingerprint density at radius 2 is 1.88 bits per heavy atom. The summed E-state index contributed by atoms with van der Waals surface area (Å²) in [7, 11) is 2.03. The van der Waals surface area contributed by atoms with Crippen molar-refractivity contribution in [3.8, 4) is 5.69 Å². The molecule has 1 aromatic carbocycles. The Hall–Kier alpha value is -2.21. The van der Waals surface area contributed by atoms with Gasteiger partial charge in [0, 0.05) is 12.1 Å². The maximum Gasteiger partial charge on any atom is 0.239 e. The van der Waals surface area contributed by atoms with E-state index < -0.39 is 0 Å². The number of hydrogen-bond acceptors (Lipinski definition) is 3. The fraction of sp³-hybridized carbons (Fsp3) is 0.500. The molecule has 0 atom stereocenters. The first-order chi connectivity index (χ1) is 12.5. The quantitative estimate of drug-likeness (QED) is 0.825. The zero-order chi connectivity index (χ0) is 18.5. The van der Waals surface area contributed by atoms with Gasteiger partial charge >= 0.3 is 0 Å². The molecule has 1 aliphatic carbocycles. The molecule has 0 bridgehead atoms. The molecule has 0 saturated heterocycles. The fourth-order valence-electron chi connectivity index (χ4n) is 3.60. The largest absolute Gasteiger partial charge is 0.309 e. The summed E-state index contributed by atoms with van der Waals surface area (Å²) in [6.45, 7) is 2.23. The van der Waals surface area contributed by atoms with Crippen LogP contribution in [0.3, 0.4) is 0 Å². The third-order valence-electron chi connectivity index (χ3n) is 5.01. The van der Waals surface area contributed by atoms with Gasteiger partial charge < -0.3 is 5.32 Å². The Bertz CT molecular complexity index is 733. The summed E-state index contributed by atoms with van der Waals surface area (Å²) in [6, 6.07) is 8.37. The Labute approximate surface area is 154 Å². The van der Waals surface area contributed by atoms with Gasteiger partial charge in [-0.15, -0.1) is 0 Å². The summed E-state index contributed by atoms with van der Waals surface area (Å²) in [5, 5.41) is 7.37. The zero-order valence-electron chi connectivity index (χ0n) is 15.5. The number of amides is 1. The lowest BCUT2D eigenvalue weighted by atomic mass is 10.1. The molecule has 0 unspecified atom stereocenters. The van der Waals surface area contributed by atoms with E-state index >= 15 is 0 Å². The highest BCUT2D eigenvalue weighted by molar-refractivity contribution is 5.91. The van der Waals surface area contributed by atoms with Crippen LogP contribution in [0, 0.1) is 12.7 Å². The van der Waals surface area contributed by atoms with Gasteiger partial charge in [0.1, 0.15) is 11.6 Å². The van der Waals surface area contributed by atoms with Crippen molar-refractivity contribution in [2.75, 3.05) is 18.9 Å². The van der Waals surface area contributed by atoms with Crippen molar-refractivity contribution in [3.05, 3.63) is 41.8 Å². The first-order valence-corrected chi connectivity index (χ1v) is 9.35. The minimum absolute atomic E-state index is 0.0555. The van der Waals surface area contributed by atoms with Crippen LogP contribution in [0.1, 0.15) is 44.2 Å². The number of carbonyl (C=O) groups is 1. The molecule has 0 aliphatic heterocycles. The molecule has 1 saturated carbocycles. The number of rotatable bonds is 5. The van der Waals surface area contributed by atoms with Crippen molar-refractivity contribution in [2.45, 2.75) is 51.5 Å². The van der Waals surface area contributed by atoms with Crippen LogP contribution in [-0.2, 0) is 4.79 Å². The number of nitrogens with zero attached hydrogens (tertiary/aromatic N) is 3. The van der Waals surface area contributed by atoms with Crippen LogP contribution < -0.4 is 5.32 Å². The predicted molar refractivity (Wildman–Crippen MR) is 101 cm³/mol. The van der Waals surface area contributed by atoms with Gasteiger partial charge in [0.05, 0.1) is 17.9 Å². The third-order valence-corrected chi connectivity index (χ3v) is 5.01. The highest BCUT2D eigenvalue weighted by Gasteiger charge is 2.20. The lowest BCUT2D eigenvalue weighted by Gasteiger charge is -2.26. The van der Waals surface area contributed by atoms with Gasteiger partial charge in [-0.1, -0.05) is 25.7 Å². The molecule has 2 aromatic rings. The fourth-order valence-corrected chi connectivity index (χ4v) is 3.60. The molecule has 0 radical (unpaired) electrons. The van der Waals surface area contributed by atoms with E-state index in [0.29, 0.717) is 24.1 Å². The Morgan fingerprint density at radius 3 is 2.54 bits per heavy atom. The van der Waals surface area contributed by atoms with Gasteiger partial charge in [-0.3, -0.25) is 9.69 Å². The summed E-state index contributed by atoms with van der Waals surface area (Å²) < 4.78 is 14.8. The zero-order valence-corrected chi connectivity index (χ0v) is 15.5. The Morgan fingerprint density at radius 1 is 1.23 bits per heavy atom. The molecule has 1 N–H and O–H groups in total. The average molecular weight is 358 g/mol. The van der Waals surface area contributed by atoms with Crippen molar-refractivity contribution in [2.24, 2.45) is 0 Å². The van der Waals surface area contributed by atoms with Crippen molar-refractivity contribution in [1.82, 2.24) is 14.7 Å². The molecular weight excluding hydrogens is 331 g/mol. The molecule has 3 rings (SSSR count). The van der Waals surface area contributed by atoms with Gasteiger partial charge in [0.25, 0.3) is 0 Å². The topological polar surface area (TPSA) is 50.2 Å². The van der Waals surface area contributed by atoms with Gasteiger partial charge in [-0.05, 0) is 51.1 Å². The minimum Gasteiger partial charge on any atom is -0.309 e. The number of hydrogen-bond donors (Lipinski definition) is 1. The van der Waals surface area contributed by atoms with Crippen LogP contribution >= 0.6 is 0 Å². The lowest BCUT2D eigenvalue weighted by molar-refractivity contribution is -0.117. The third kappa shape index (κ3) is 4.69. The van der Waals surface area contributed by atoms with Gasteiger partial charge in [-0.2, -0.15) is 5.10 Å². The van der Waals surface area contributed by atoms with Crippen LogP contribution in [0.2, 0.25) is 0 Å². The normalized spacial score (nSPS) is 15.8. The molecule has 1 heterocycles. The number of aromatic nitrogens is 2. The summed E-state index contributed by atoms with van der Waals surface area (Å²) in [5.41, 5.74) is 1.51. The van der Waals surface area contributed by atoms with Crippen LogP contribution in [0.25, 0.3) is 5.69 Å². The maximum atomic E-state index is 13.2. The number of carbonyl (C=O) groups excluding carboxylic acids is 1. The molecule has 1 aromatic heterocycles. The monoisotopic (exact) mass is 358 g/mol. The average Bonchev–Trinajstić information content (AvgIpc) is 2.82.